The Bertz CT molecular complexity index is 582. The van der Waals surface area contributed by atoms with Crippen LogP contribution >= 0.6 is 0 Å². The van der Waals surface area contributed by atoms with Crippen molar-refractivity contribution in [2.24, 2.45) is 0 Å². The average Bonchev–Trinajstić information content (AvgIpc) is 2.92. The molecule has 0 aliphatic rings. The second-order valence-corrected chi connectivity index (χ2v) is 4.54. The van der Waals surface area contributed by atoms with Gasteiger partial charge in [-0.3, -0.25) is 4.79 Å². The van der Waals surface area contributed by atoms with Crippen LogP contribution in [0.3, 0.4) is 0 Å². The van der Waals surface area contributed by atoms with Crippen LogP contribution in [0.5, 0.6) is 0 Å². The van der Waals surface area contributed by atoms with E-state index in [9.17, 15) is 13.6 Å². The summed E-state index contributed by atoms with van der Waals surface area (Å²) in [5.41, 5.74) is 0.523. The Hall–Kier alpha value is -2.17. The van der Waals surface area contributed by atoms with Crippen LogP contribution in [0.4, 0.5) is 8.78 Å². The summed E-state index contributed by atoms with van der Waals surface area (Å²) in [6, 6.07) is 6.77. The van der Waals surface area contributed by atoms with Gasteiger partial charge < -0.3 is 9.73 Å². The molecule has 0 spiro atoms. The van der Waals surface area contributed by atoms with E-state index in [1.807, 2.05) is 0 Å². The molecule has 20 heavy (non-hydrogen) atoms. The predicted molar refractivity (Wildman–Crippen MR) is 69.9 cm³/mol. The van der Waals surface area contributed by atoms with Crippen LogP contribution in [0.2, 0.25) is 0 Å². The molecular formula is C15H15F2NO2. The van der Waals surface area contributed by atoms with Gasteiger partial charge in [0.2, 0.25) is 5.91 Å². The summed E-state index contributed by atoms with van der Waals surface area (Å²) in [6.45, 7) is 1.72. The molecule has 1 atom stereocenters. The quantitative estimate of drug-likeness (QED) is 0.911. The second-order valence-electron chi connectivity index (χ2n) is 4.54. The summed E-state index contributed by atoms with van der Waals surface area (Å²) in [5.74, 6) is -1.25. The van der Waals surface area contributed by atoms with Gasteiger partial charge in [0.05, 0.1) is 12.3 Å². The van der Waals surface area contributed by atoms with Crippen molar-refractivity contribution in [3.05, 3.63) is 59.6 Å². The smallest absolute Gasteiger partial charge is 0.220 e. The fraction of sp³-hybridized carbons (Fsp3) is 0.267. The monoisotopic (exact) mass is 279 g/mol. The van der Waals surface area contributed by atoms with E-state index < -0.39 is 11.6 Å². The Labute approximate surface area is 115 Å². The highest BCUT2D eigenvalue weighted by molar-refractivity contribution is 5.76. The molecule has 1 heterocycles. The molecule has 0 saturated carbocycles. The maximum absolute atomic E-state index is 13.1. The molecule has 1 amide bonds. The lowest BCUT2D eigenvalue weighted by molar-refractivity contribution is -0.121. The first kappa shape index (κ1) is 14.2. The summed E-state index contributed by atoms with van der Waals surface area (Å²) in [7, 11) is 0. The lowest BCUT2D eigenvalue weighted by Gasteiger charge is -2.14. The number of aryl methyl sites for hydroxylation is 1. The van der Waals surface area contributed by atoms with Crippen LogP contribution < -0.4 is 5.32 Å². The molecule has 0 fully saturated rings. The highest BCUT2D eigenvalue weighted by Crippen LogP contribution is 2.16. The van der Waals surface area contributed by atoms with E-state index in [4.69, 9.17) is 4.42 Å². The summed E-state index contributed by atoms with van der Waals surface area (Å²) < 4.78 is 31.1. The van der Waals surface area contributed by atoms with Crippen LogP contribution in [0.25, 0.3) is 0 Å². The third-order valence-corrected chi connectivity index (χ3v) is 3.00. The fourth-order valence-electron chi connectivity index (χ4n) is 1.87. The van der Waals surface area contributed by atoms with Gasteiger partial charge in [-0.05, 0) is 36.8 Å². The van der Waals surface area contributed by atoms with Gasteiger partial charge in [0.15, 0.2) is 11.6 Å². The molecule has 0 radical (unpaired) electrons. The lowest BCUT2D eigenvalue weighted by Crippen LogP contribution is -2.26. The van der Waals surface area contributed by atoms with Gasteiger partial charge in [-0.2, -0.15) is 0 Å². The molecule has 0 bridgehead atoms. The topological polar surface area (TPSA) is 42.2 Å². The van der Waals surface area contributed by atoms with Crippen molar-refractivity contribution in [2.75, 3.05) is 0 Å². The first-order valence-electron chi connectivity index (χ1n) is 6.33. The van der Waals surface area contributed by atoms with Crippen LogP contribution in [0, 0.1) is 11.6 Å². The lowest BCUT2D eigenvalue weighted by atomic mass is 10.1. The van der Waals surface area contributed by atoms with Crippen LogP contribution in [0.1, 0.15) is 30.7 Å². The Kier molecular flexibility index (Phi) is 4.50. The summed E-state index contributed by atoms with van der Waals surface area (Å²) in [4.78, 5) is 11.8. The zero-order valence-corrected chi connectivity index (χ0v) is 11.0. The number of carbonyl (C=O) groups excluding carboxylic acids is 1. The molecule has 1 aromatic carbocycles. The summed E-state index contributed by atoms with van der Waals surface area (Å²) in [6.07, 6.45) is 2.34. The minimum Gasteiger partial charge on any atom is -0.469 e. The van der Waals surface area contributed by atoms with E-state index in [0.717, 1.165) is 17.9 Å². The van der Waals surface area contributed by atoms with Crippen molar-refractivity contribution in [3.63, 3.8) is 0 Å². The SMILES string of the molecule is C[C@H](NC(=O)CCc1ccco1)c1ccc(F)c(F)c1. The zero-order chi connectivity index (χ0) is 14.5. The van der Waals surface area contributed by atoms with Crippen molar-refractivity contribution in [3.8, 4) is 0 Å². The van der Waals surface area contributed by atoms with Gasteiger partial charge in [0.1, 0.15) is 5.76 Å². The fourth-order valence-corrected chi connectivity index (χ4v) is 1.87. The molecule has 106 valence electrons. The van der Waals surface area contributed by atoms with Gasteiger partial charge in [-0.15, -0.1) is 0 Å². The third-order valence-electron chi connectivity index (χ3n) is 3.00. The van der Waals surface area contributed by atoms with Crippen molar-refractivity contribution < 1.29 is 18.0 Å². The van der Waals surface area contributed by atoms with Gasteiger partial charge in [-0.1, -0.05) is 6.07 Å². The molecule has 2 aromatic rings. The molecule has 3 nitrogen and oxygen atoms in total. The number of carbonyl (C=O) groups is 1. The highest BCUT2D eigenvalue weighted by Gasteiger charge is 2.12. The van der Waals surface area contributed by atoms with Gasteiger partial charge in [0, 0.05) is 12.8 Å². The first-order valence-corrected chi connectivity index (χ1v) is 6.33. The third kappa shape index (κ3) is 3.66. The van der Waals surface area contributed by atoms with Gasteiger partial charge in [0.25, 0.3) is 0 Å². The number of amides is 1. The number of rotatable bonds is 5. The van der Waals surface area contributed by atoms with Crippen LogP contribution in [-0.4, -0.2) is 5.91 Å². The Morgan fingerprint density at radius 3 is 2.75 bits per heavy atom. The minimum atomic E-state index is -0.917. The molecule has 0 aliphatic heterocycles. The van der Waals surface area contributed by atoms with Crippen LogP contribution in [-0.2, 0) is 11.2 Å². The number of halogens is 2. The number of benzene rings is 1. The van der Waals surface area contributed by atoms with E-state index in [-0.39, 0.29) is 18.4 Å². The van der Waals surface area contributed by atoms with Crippen molar-refractivity contribution in [1.82, 2.24) is 5.32 Å². The molecule has 0 saturated heterocycles. The Morgan fingerprint density at radius 1 is 1.30 bits per heavy atom. The number of hydrogen-bond donors (Lipinski definition) is 1. The largest absolute Gasteiger partial charge is 0.469 e. The van der Waals surface area contributed by atoms with E-state index in [0.29, 0.717) is 12.0 Å². The normalized spacial score (nSPS) is 12.2. The van der Waals surface area contributed by atoms with E-state index >= 15 is 0 Å². The molecule has 0 unspecified atom stereocenters. The van der Waals surface area contributed by atoms with Crippen molar-refractivity contribution in [1.29, 1.82) is 0 Å². The first-order chi connectivity index (χ1) is 9.56. The predicted octanol–water partition coefficient (Wildman–Crippen LogP) is 3.37. The maximum atomic E-state index is 13.1. The molecule has 1 aromatic heterocycles. The average molecular weight is 279 g/mol. The Morgan fingerprint density at radius 2 is 2.10 bits per heavy atom. The molecule has 0 aliphatic carbocycles. The molecule has 5 heteroatoms. The maximum Gasteiger partial charge on any atom is 0.220 e. The molecule has 2 rings (SSSR count). The van der Waals surface area contributed by atoms with E-state index in [2.05, 4.69) is 5.32 Å². The zero-order valence-electron chi connectivity index (χ0n) is 11.0. The molecule has 1 N–H and O–H groups in total. The number of hydrogen-bond acceptors (Lipinski definition) is 2. The van der Waals surface area contributed by atoms with E-state index in [1.54, 1.807) is 25.3 Å². The van der Waals surface area contributed by atoms with Crippen LogP contribution in [0.15, 0.2) is 41.0 Å². The number of nitrogens with one attached hydrogen (secondary N) is 1. The van der Waals surface area contributed by atoms with Gasteiger partial charge in [-0.25, -0.2) is 8.78 Å². The number of furan rings is 1. The molecular weight excluding hydrogens is 264 g/mol. The van der Waals surface area contributed by atoms with Crippen molar-refractivity contribution in [2.45, 2.75) is 25.8 Å². The van der Waals surface area contributed by atoms with E-state index in [1.165, 1.54) is 6.07 Å². The van der Waals surface area contributed by atoms with Crippen molar-refractivity contribution >= 4 is 5.91 Å². The van der Waals surface area contributed by atoms with Gasteiger partial charge >= 0.3 is 0 Å². The highest BCUT2D eigenvalue weighted by atomic mass is 19.2. The second kappa shape index (κ2) is 6.32. The standard InChI is InChI=1S/C15H15F2NO2/c1-10(11-4-6-13(16)14(17)9-11)18-15(19)7-5-12-3-2-8-20-12/h2-4,6,8-10H,5,7H2,1H3,(H,18,19)/t10-/m0/s1. The minimum absolute atomic E-state index is 0.168. The summed E-state index contributed by atoms with van der Waals surface area (Å²) >= 11 is 0. The summed E-state index contributed by atoms with van der Waals surface area (Å²) in [5, 5.41) is 2.74. The Balaban J connectivity index is 1.88.